The molecule has 2 aromatic rings. The molecule has 0 unspecified atom stereocenters. The average molecular weight is 353 g/mol. The Bertz CT molecular complexity index is 768. The SMILES string of the molecule is COC(=O)c1cccc(NC(=O)c2ccc(NC3CCCCC3)nc2)c1. The lowest BCUT2D eigenvalue weighted by atomic mass is 9.95. The van der Waals surface area contributed by atoms with E-state index in [2.05, 4.69) is 20.4 Å². The molecule has 26 heavy (non-hydrogen) atoms. The Labute approximate surface area is 153 Å². The maximum Gasteiger partial charge on any atom is 0.337 e. The lowest BCUT2D eigenvalue weighted by molar-refractivity contribution is 0.0600. The largest absolute Gasteiger partial charge is 0.465 e. The fourth-order valence-electron chi connectivity index (χ4n) is 3.11. The Morgan fingerprint density at radius 3 is 2.58 bits per heavy atom. The molecular formula is C20H23N3O3. The minimum absolute atomic E-state index is 0.274. The third-order valence-electron chi connectivity index (χ3n) is 4.52. The van der Waals surface area contributed by atoms with Crippen LogP contribution in [0.15, 0.2) is 42.6 Å². The monoisotopic (exact) mass is 353 g/mol. The zero-order valence-electron chi connectivity index (χ0n) is 14.8. The highest BCUT2D eigenvalue weighted by Crippen LogP contribution is 2.21. The minimum Gasteiger partial charge on any atom is -0.465 e. The molecular weight excluding hydrogens is 330 g/mol. The van der Waals surface area contributed by atoms with Crippen molar-refractivity contribution >= 4 is 23.4 Å². The van der Waals surface area contributed by atoms with E-state index < -0.39 is 5.97 Å². The number of rotatable bonds is 5. The van der Waals surface area contributed by atoms with Crippen molar-refractivity contribution in [3.63, 3.8) is 0 Å². The zero-order chi connectivity index (χ0) is 18.4. The molecule has 1 saturated carbocycles. The lowest BCUT2D eigenvalue weighted by Gasteiger charge is -2.23. The summed E-state index contributed by atoms with van der Waals surface area (Å²) in [6.45, 7) is 0. The van der Waals surface area contributed by atoms with Crippen LogP contribution in [0.2, 0.25) is 0 Å². The predicted octanol–water partition coefficient (Wildman–Crippen LogP) is 3.87. The number of ether oxygens (including phenoxy) is 1. The van der Waals surface area contributed by atoms with Gasteiger partial charge in [0.1, 0.15) is 5.82 Å². The van der Waals surface area contributed by atoms with Crippen LogP contribution < -0.4 is 10.6 Å². The van der Waals surface area contributed by atoms with Crippen molar-refractivity contribution in [2.45, 2.75) is 38.1 Å². The number of aromatic nitrogens is 1. The van der Waals surface area contributed by atoms with Crippen LogP contribution in [0.5, 0.6) is 0 Å². The van der Waals surface area contributed by atoms with Gasteiger partial charge in [-0.05, 0) is 43.2 Å². The number of pyridine rings is 1. The molecule has 136 valence electrons. The third kappa shape index (κ3) is 4.59. The van der Waals surface area contributed by atoms with Gasteiger partial charge in [-0.15, -0.1) is 0 Å². The second-order valence-electron chi connectivity index (χ2n) is 6.44. The van der Waals surface area contributed by atoms with Crippen LogP contribution in [0.4, 0.5) is 11.5 Å². The fourth-order valence-corrected chi connectivity index (χ4v) is 3.11. The molecule has 0 radical (unpaired) electrons. The minimum atomic E-state index is -0.444. The van der Waals surface area contributed by atoms with Gasteiger partial charge in [-0.1, -0.05) is 25.3 Å². The number of nitrogens with one attached hydrogen (secondary N) is 2. The summed E-state index contributed by atoms with van der Waals surface area (Å²) in [7, 11) is 1.32. The first-order valence-corrected chi connectivity index (χ1v) is 8.88. The van der Waals surface area contributed by atoms with E-state index in [9.17, 15) is 9.59 Å². The highest BCUT2D eigenvalue weighted by molar-refractivity contribution is 6.04. The molecule has 1 aromatic heterocycles. The van der Waals surface area contributed by atoms with E-state index in [4.69, 9.17) is 0 Å². The van der Waals surface area contributed by atoms with Crippen LogP contribution in [0, 0.1) is 0 Å². The molecule has 0 spiro atoms. The van der Waals surface area contributed by atoms with E-state index in [1.165, 1.54) is 39.2 Å². The Hall–Kier alpha value is -2.89. The summed E-state index contributed by atoms with van der Waals surface area (Å²) in [6, 6.07) is 10.7. The number of carbonyl (C=O) groups excluding carboxylic acids is 2. The number of hydrogen-bond acceptors (Lipinski definition) is 5. The smallest absolute Gasteiger partial charge is 0.337 e. The number of hydrogen-bond donors (Lipinski definition) is 2. The number of carbonyl (C=O) groups is 2. The standard InChI is InChI=1S/C20H23N3O3/c1-26-20(25)14-6-5-9-17(12-14)23-19(24)15-10-11-18(21-13-15)22-16-7-3-2-4-8-16/h5-6,9-13,16H,2-4,7-8H2,1H3,(H,21,22)(H,23,24). The quantitative estimate of drug-likeness (QED) is 0.798. The molecule has 0 atom stereocenters. The summed E-state index contributed by atoms with van der Waals surface area (Å²) in [5.41, 5.74) is 1.38. The van der Waals surface area contributed by atoms with E-state index in [1.807, 2.05) is 6.07 Å². The average Bonchev–Trinajstić information content (AvgIpc) is 2.69. The molecule has 2 N–H and O–H groups in total. The molecule has 6 heteroatoms. The van der Waals surface area contributed by atoms with Gasteiger partial charge in [0.2, 0.25) is 0 Å². The summed E-state index contributed by atoms with van der Waals surface area (Å²) in [5, 5.41) is 6.20. The van der Waals surface area contributed by atoms with Crippen molar-refractivity contribution in [1.29, 1.82) is 0 Å². The first-order valence-electron chi connectivity index (χ1n) is 8.88. The second-order valence-corrected chi connectivity index (χ2v) is 6.44. The Kier molecular flexibility index (Phi) is 5.84. The van der Waals surface area contributed by atoms with Crippen molar-refractivity contribution in [3.05, 3.63) is 53.7 Å². The van der Waals surface area contributed by atoms with Gasteiger partial charge in [0, 0.05) is 17.9 Å². The number of amides is 1. The third-order valence-corrected chi connectivity index (χ3v) is 4.52. The Balaban J connectivity index is 1.62. The first-order chi connectivity index (χ1) is 12.7. The summed E-state index contributed by atoms with van der Waals surface area (Å²) in [4.78, 5) is 28.3. The molecule has 1 aromatic carbocycles. The molecule has 1 aliphatic carbocycles. The zero-order valence-corrected chi connectivity index (χ0v) is 14.8. The van der Waals surface area contributed by atoms with Crippen LogP contribution in [-0.2, 0) is 4.74 Å². The highest BCUT2D eigenvalue weighted by atomic mass is 16.5. The van der Waals surface area contributed by atoms with Crippen LogP contribution in [0.1, 0.15) is 52.8 Å². The topological polar surface area (TPSA) is 80.3 Å². The van der Waals surface area contributed by atoms with E-state index in [0.29, 0.717) is 22.9 Å². The maximum atomic E-state index is 12.4. The number of benzene rings is 1. The molecule has 0 aliphatic heterocycles. The molecule has 3 rings (SSSR count). The van der Waals surface area contributed by atoms with Gasteiger partial charge in [0.15, 0.2) is 0 Å². The van der Waals surface area contributed by atoms with Crippen molar-refractivity contribution in [2.24, 2.45) is 0 Å². The van der Waals surface area contributed by atoms with Gasteiger partial charge >= 0.3 is 5.97 Å². The summed E-state index contributed by atoms with van der Waals surface area (Å²) < 4.78 is 4.69. The van der Waals surface area contributed by atoms with E-state index in [0.717, 1.165) is 5.82 Å². The fraction of sp³-hybridized carbons (Fsp3) is 0.350. The molecule has 1 fully saturated rings. The molecule has 1 aliphatic rings. The Morgan fingerprint density at radius 1 is 1.08 bits per heavy atom. The summed E-state index contributed by atoms with van der Waals surface area (Å²) in [5.74, 6) is 0.0748. The van der Waals surface area contributed by atoms with Crippen LogP contribution in [0.3, 0.4) is 0 Å². The Morgan fingerprint density at radius 2 is 1.88 bits per heavy atom. The van der Waals surface area contributed by atoms with Crippen molar-refractivity contribution in [3.8, 4) is 0 Å². The number of methoxy groups -OCH3 is 1. The van der Waals surface area contributed by atoms with Crippen LogP contribution in [-0.4, -0.2) is 30.0 Å². The molecule has 1 amide bonds. The van der Waals surface area contributed by atoms with E-state index >= 15 is 0 Å². The normalized spacial score (nSPS) is 14.5. The number of nitrogens with zero attached hydrogens (tertiary/aromatic N) is 1. The highest BCUT2D eigenvalue weighted by Gasteiger charge is 2.14. The van der Waals surface area contributed by atoms with Crippen molar-refractivity contribution in [1.82, 2.24) is 4.98 Å². The van der Waals surface area contributed by atoms with Gasteiger partial charge < -0.3 is 15.4 Å². The van der Waals surface area contributed by atoms with E-state index in [1.54, 1.807) is 36.5 Å². The molecule has 6 nitrogen and oxygen atoms in total. The summed E-state index contributed by atoms with van der Waals surface area (Å²) in [6.07, 6.45) is 7.71. The van der Waals surface area contributed by atoms with Crippen molar-refractivity contribution < 1.29 is 14.3 Å². The van der Waals surface area contributed by atoms with Gasteiger partial charge in [-0.2, -0.15) is 0 Å². The lowest BCUT2D eigenvalue weighted by Crippen LogP contribution is -2.23. The number of anilines is 2. The second kappa shape index (κ2) is 8.47. The van der Waals surface area contributed by atoms with Gasteiger partial charge in [0.25, 0.3) is 5.91 Å². The first kappa shape index (κ1) is 17.9. The van der Waals surface area contributed by atoms with Gasteiger partial charge in [-0.3, -0.25) is 4.79 Å². The summed E-state index contributed by atoms with van der Waals surface area (Å²) >= 11 is 0. The van der Waals surface area contributed by atoms with Crippen LogP contribution in [0.25, 0.3) is 0 Å². The van der Waals surface area contributed by atoms with Gasteiger partial charge in [0.05, 0.1) is 18.2 Å². The molecule has 0 saturated heterocycles. The van der Waals surface area contributed by atoms with Crippen LogP contribution >= 0.6 is 0 Å². The van der Waals surface area contributed by atoms with E-state index in [-0.39, 0.29) is 5.91 Å². The number of esters is 1. The maximum absolute atomic E-state index is 12.4. The molecule has 1 heterocycles. The van der Waals surface area contributed by atoms with Gasteiger partial charge in [-0.25, -0.2) is 9.78 Å². The predicted molar refractivity (Wildman–Crippen MR) is 100 cm³/mol. The van der Waals surface area contributed by atoms with Crippen molar-refractivity contribution in [2.75, 3.05) is 17.7 Å². The molecule has 0 bridgehead atoms.